The Bertz CT molecular complexity index is 705. The Morgan fingerprint density at radius 2 is 0.903 bits per heavy atom. The second-order valence-electron chi connectivity index (χ2n) is 7.20. The van der Waals surface area contributed by atoms with E-state index in [2.05, 4.69) is 20.8 Å². The fourth-order valence-corrected chi connectivity index (χ4v) is 5.85. The predicted octanol–water partition coefficient (Wildman–Crippen LogP) is 6.46. The standard InChI is InChI=1S/C15H33S.C6HF5O3S/c1-4-7-10-13-16(14-11-8-5-2)15-12-9-6-3;7-1-2(8)4(10)6(15(12,13)14)5(11)3(1)9/h4-15H2,1-3H3;(H,12,13,14)/q+1;/p-1. The van der Waals surface area contributed by atoms with Crippen LogP contribution in [0, 0.1) is 29.1 Å². The number of unbranched alkanes of at least 4 members (excludes halogenated alkanes) is 6. The van der Waals surface area contributed by atoms with E-state index >= 15 is 0 Å². The van der Waals surface area contributed by atoms with Crippen molar-refractivity contribution in [2.24, 2.45) is 0 Å². The van der Waals surface area contributed by atoms with E-state index in [0.717, 1.165) is 10.9 Å². The quantitative estimate of drug-likeness (QED) is 0.0793. The molecule has 3 nitrogen and oxygen atoms in total. The Kier molecular flexibility index (Phi) is 15.4. The van der Waals surface area contributed by atoms with E-state index in [9.17, 15) is 34.9 Å². The Morgan fingerprint density at radius 3 is 1.16 bits per heavy atom. The first-order chi connectivity index (χ1) is 14.5. The molecule has 0 saturated carbocycles. The van der Waals surface area contributed by atoms with Gasteiger partial charge in [0.2, 0.25) is 5.82 Å². The fourth-order valence-electron chi connectivity index (χ4n) is 2.78. The molecule has 0 atom stereocenters. The first kappa shape index (κ1) is 30.1. The summed E-state index contributed by atoms with van der Waals surface area (Å²) in [5.41, 5.74) is 0. The van der Waals surface area contributed by atoms with Gasteiger partial charge in [-0.15, -0.1) is 0 Å². The van der Waals surface area contributed by atoms with Crippen LogP contribution in [0.3, 0.4) is 0 Å². The van der Waals surface area contributed by atoms with Gasteiger partial charge in [0.05, 0.1) is 0 Å². The lowest BCUT2D eigenvalue weighted by Gasteiger charge is -2.10. The molecule has 0 heterocycles. The molecule has 0 saturated heterocycles. The smallest absolute Gasteiger partial charge is 0.200 e. The zero-order valence-corrected chi connectivity index (χ0v) is 20.0. The normalized spacial score (nSPS) is 11.5. The van der Waals surface area contributed by atoms with Crippen LogP contribution in [0.25, 0.3) is 0 Å². The lowest BCUT2D eigenvalue weighted by atomic mass is 10.3. The van der Waals surface area contributed by atoms with Crippen molar-refractivity contribution in [2.75, 3.05) is 17.3 Å². The van der Waals surface area contributed by atoms with Crippen molar-refractivity contribution in [1.29, 1.82) is 0 Å². The average Bonchev–Trinajstić information content (AvgIpc) is 2.70. The third-order valence-corrected chi connectivity index (χ3v) is 7.99. The van der Waals surface area contributed by atoms with Crippen LogP contribution in [-0.4, -0.2) is 30.2 Å². The van der Waals surface area contributed by atoms with Gasteiger partial charge in [0.15, 0.2) is 23.3 Å². The van der Waals surface area contributed by atoms with Crippen molar-refractivity contribution in [1.82, 2.24) is 0 Å². The second-order valence-corrected chi connectivity index (χ2v) is 11.0. The first-order valence-electron chi connectivity index (χ1n) is 10.6. The van der Waals surface area contributed by atoms with Crippen molar-refractivity contribution >= 4 is 21.0 Å². The predicted molar refractivity (Wildman–Crippen MR) is 115 cm³/mol. The van der Waals surface area contributed by atoms with E-state index in [1.54, 1.807) is 0 Å². The fraction of sp³-hybridized carbons (Fsp3) is 0.714. The number of benzene rings is 1. The van der Waals surface area contributed by atoms with Gasteiger partial charge in [-0.1, -0.05) is 40.0 Å². The third kappa shape index (κ3) is 11.0. The van der Waals surface area contributed by atoms with Gasteiger partial charge >= 0.3 is 0 Å². The molecule has 1 aromatic carbocycles. The summed E-state index contributed by atoms with van der Waals surface area (Å²) in [6, 6.07) is 0. The highest BCUT2D eigenvalue weighted by Crippen LogP contribution is 2.26. The van der Waals surface area contributed by atoms with Crippen LogP contribution in [0.5, 0.6) is 0 Å². The summed E-state index contributed by atoms with van der Waals surface area (Å²) in [7, 11) is -5.00. The highest BCUT2D eigenvalue weighted by Gasteiger charge is 2.28. The minimum atomic E-state index is -5.77. The van der Waals surface area contributed by atoms with Crippen molar-refractivity contribution in [3.63, 3.8) is 0 Å². The largest absolute Gasteiger partial charge is 0.744 e. The third-order valence-electron chi connectivity index (χ3n) is 4.53. The molecule has 0 unspecified atom stereocenters. The second kappa shape index (κ2) is 15.9. The highest BCUT2D eigenvalue weighted by molar-refractivity contribution is 7.96. The average molecular weight is 493 g/mol. The maximum absolute atomic E-state index is 12.6. The van der Waals surface area contributed by atoms with Crippen LogP contribution in [0.4, 0.5) is 22.0 Å². The van der Waals surface area contributed by atoms with E-state index in [0.29, 0.717) is 0 Å². The Morgan fingerprint density at radius 1 is 0.613 bits per heavy atom. The van der Waals surface area contributed by atoms with Gasteiger partial charge in [-0.3, -0.25) is 0 Å². The van der Waals surface area contributed by atoms with Crippen molar-refractivity contribution in [2.45, 2.75) is 83.5 Å². The SMILES string of the molecule is CCCCC[S+](CCCCC)CCCCC.O=S(=O)([O-])c1c(F)c(F)c(F)c(F)c1F. The number of hydrogen-bond acceptors (Lipinski definition) is 3. The topological polar surface area (TPSA) is 57.2 Å². The molecular weight excluding hydrogens is 459 g/mol. The van der Waals surface area contributed by atoms with E-state index < -0.39 is 44.1 Å². The molecule has 0 aliphatic carbocycles. The summed E-state index contributed by atoms with van der Waals surface area (Å²) in [5.74, 6) is -8.24. The zero-order chi connectivity index (χ0) is 24.0. The van der Waals surface area contributed by atoms with E-state index in [1.807, 2.05) is 0 Å². The molecule has 0 bridgehead atoms. The minimum absolute atomic E-state index is 0.771. The van der Waals surface area contributed by atoms with Crippen LogP contribution in [0.1, 0.15) is 78.6 Å². The van der Waals surface area contributed by atoms with Crippen LogP contribution in [0.2, 0.25) is 0 Å². The minimum Gasteiger partial charge on any atom is -0.744 e. The summed E-state index contributed by atoms with van der Waals surface area (Å²) in [6.07, 6.45) is 12.9. The van der Waals surface area contributed by atoms with E-state index in [1.165, 1.54) is 75.0 Å². The van der Waals surface area contributed by atoms with Crippen molar-refractivity contribution in [3.8, 4) is 0 Å². The monoisotopic (exact) mass is 492 g/mol. The summed E-state index contributed by atoms with van der Waals surface area (Å²) in [6.45, 7) is 6.94. The van der Waals surface area contributed by atoms with Crippen molar-refractivity contribution in [3.05, 3.63) is 29.1 Å². The molecule has 0 radical (unpaired) electrons. The molecule has 0 N–H and O–H groups in total. The molecule has 31 heavy (non-hydrogen) atoms. The molecule has 182 valence electrons. The molecule has 0 fully saturated rings. The van der Waals surface area contributed by atoms with Crippen LogP contribution < -0.4 is 0 Å². The molecular formula is C21H33F5O3S2. The van der Waals surface area contributed by atoms with Gasteiger partial charge in [0, 0.05) is 0 Å². The van der Waals surface area contributed by atoms with Gasteiger partial charge in [0.25, 0.3) is 0 Å². The van der Waals surface area contributed by atoms with Gasteiger partial charge in [-0.2, -0.15) is 0 Å². The maximum Gasteiger partial charge on any atom is 0.200 e. The lowest BCUT2D eigenvalue weighted by Crippen LogP contribution is -2.16. The molecule has 1 aromatic rings. The number of rotatable bonds is 13. The van der Waals surface area contributed by atoms with Gasteiger partial charge < -0.3 is 4.55 Å². The zero-order valence-electron chi connectivity index (χ0n) is 18.4. The Hall–Kier alpha value is -0.870. The van der Waals surface area contributed by atoms with Gasteiger partial charge in [-0.05, 0) is 49.4 Å². The molecule has 10 heteroatoms. The van der Waals surface area contributed by atoms with Crippen LogP contribution in [0.15, 0.2) is 4.90 Å². The molecule has 0 spiro atoms. The van der Waals surface area contributed by atoms with E-state index in [4.69, 9.17) is 0 Å². The molecule has 0 aliphatic heterocycles. The summed E-state index contributed by atoms with van der Waals surface area (Å²) < 4.78 is 92.9. The lowest BCUT2D eigenvalue weighted by molar-refractivity contribution is 0.350. The molecule has 0 aliphatic rings. The van der Waals surface area contributed by atoms with Crippen LogP contribution >= 0.6 is 0 Å². The molecule has 0 amide bonds. The molecule has 1 rings (SSSR count). The summed E-state index contributed by atoms with van der Waals surface area (Å²) in [4.78, 5) is -2.38. The Labute approximate surface area is 185 Å². The van der Waals surface area contributed by atoms with Gasteiger partial charge in [-0.25, -0.2) is 30.4 Å². The maximum atomic E-state index is 12.6. The highest BCUT2D eigenvalue weighted by atomic mass is 32.2. The number of halogens is 5. The van der Waals surface area contributed by atoms with Crippen LogP contribution in [-0.2, 0) is 21.0 Å². The number of hydrogen-bond donors (Lipinski definition) is 0. The summed E-state index contributed by atoms with van der Waals surface area (Å²) >= 11 is 0. The molecule has 0 aromatic heterocycles. The Balaban J connectivity index is 0.000000581. The van der Waals surface area contributed by atoms with Crippen molar-refractivity contribution < 1.29 is 34.9 Å². The first-order valence-corrected chi connectivity index (χ1v) is 13.8. The van der Waals surface area contributed by atoms with E-state index in [-0.39, 0.29) is 0 Å². The summed E-state index contributed by atoms with van der Waals surface area (Å²) in [5, 5.41) is 0. The van der Waals surface area contributed by atoms with Gasteiger partial charge in [0.1, 0.15) is 32.3 Å².